The number of rotatable bonds is 4. The van der Waals surface area contributed by atoms with Crippen molar-refractivity contribution < 1.29 is 19.1 Å². The maximum absolute atomic E-state index is 11.8. The molecule has 2 N–H and O–H groups in total. The quantitative estimate of drug-likeness (QED) is 0.782. The Morgan fingerprint density at radius 2 is 1.96 bits per heavy atom. The van der Waals surface area contributed by atoms with Crippen molar-refractivity contribution in [3.63, 3.8) is 0 Å². The van der Waals surface area contributed by atoms with Gasteiger partial charge in [-0.05, 0) is 24.3 Å². The van der Waals surface area contributed by atoms with E-state index in [-0.39, 0.29) is 5.75 Å². The highest BCUT2D eigenvalue weighted by Crippen LogP contribution is 2.15. The Bertz CT molecular complexity index is 589. The molecule has 1 aromatic rings. The molecule has 1 heterocycles. The number of urea groups is 1. The lowest BCUT2D eigenvalue weighted by molar-refractivity contribution is -0.117. The number of amides is 3. The van der Waals surface area contributed by atoms with Gasteiger partial charge in [-0.15, -0.1) is 0 Å². The Morgan fingerprint density at radius 3 is 2.58 bits per heavy atom. The van der Waals surface area contributed by atoms with Crippen LogP contribution < -0.4 is 15.4 Å². The maximum Gasteiger partial charge on any atom is 0.325 e. The highest BCUT2D eigenvalue weighted by molar-refractivity contribution is 8.23. The number of anilines is 1. The molecule has 0 aromatic heterocycles. The average Bonchev–Trinajstić information content (AvgIpc) is 2.61. The lowest BCUT2D eigenvalue weighted by Gasteiger charge is -2.28. The number of nitrogens with zero attached hydrogens (tertiary/aromatic N) is 1. The number of imide groups is 1. The molecule has 1 aliphatic heterocycles. The summed E-state index contributed by atoms with van der Waals surface area (Å²) in [6.07, 6.45) is 0. The minimum absolute atomic E-state index is 0.0895. The number of benzene rings is 1. The maximum atomic E-state index is 11.8. The van der Waals surface area contributed by atoms with Crippen molar-refractivity contribution in [3.05, 3.63) is 24.3 Å². The molecule has 0 atom stereocenters. The predicted octanol–water partition coefficient (Wildman–Crippen LogP) is 1.69. The predicted molar refractivity (Wildman–Crippen MR) is 97.6 cm³/mol. The van der Waals surface area contributed by atoms with Gasteiger partial charge in [0.1, 0.15) is 10.1 Å². The molecule has 1 fully saturated rings. The lowest BCUT2D eigenvalue weighted by atomic mass is 10.3. The fourth-order valence-electron chi connectivity index (χ4n) is 1.96. The van der Waals surface area contributed by atoms with Crippen molar-refractivity contribution in [1.82, 2.24) is 10.2 Å². The minimum Gasteiger partial charge on any atom is -0.497 e. The molecular weight excluding hydrogens is 350 g/mol. The number of carbonyl (C=O) groups excluding carboxylic acids is 2. The highest BCUT2D eigenvalue weighted by atomic mass is 32.2. The molecule has 2 rings (SSSR count). The van der Waals surface area contributed by atoms with E-state index in [2.05, 4.69) is 10.6 Å². The molecule has 0 radical (unpaired) electrons. The van der Waals surface area contributed by atoms with Crippen molar-refractivity contribution in [2.24, 2.45) is 0 Å². The number of hydrogen-bond acceptors (Lipinski definition) is 6. The van der Waals surface area contributed by atoms with E-state index in [0.29, 0.717) is 29.0 Å². The first-order valence-electron chi connectivity index (χ1n) is 7.33. The molecule has 0 spiro atoms. The van der Waals surface area contributed by atoms with Crippen molar-refractivity contribution in [1.29, 1.82) is 0 Å². The molecule has 3 amide bonds. The van der Waals surface area contributed by atoms with E-state index in [1.807, 2.05) is 4.90 Å². The molecular formula is C15H19N3O4S2. The zero-order valence-electron chi connectivity index (χ0n) is 13.2. The van der Waals surface area contributed by atoms with Gasteiger partial charge in [0.2, 0.25) is 5.91 Å². The Labute approximate surface area is 150 Å². The van der Waals surface area contributed by atoms with E-state index in [1.165, 1.54) is 11.8 Å². The van der Waals surface area contributed by atoms with Crippen LogP contribution in [0.25, 0.3) is 0 Å². The second-order valence-corrected chi connectivity index (χ2v) is 6.49. The van der Waals surface area contributed by atoms with Gasteiger partial charge >= 0.3 is 6.03 Å². The monoisotopic (exact) mass is 369 g/mol. The number of thioether (sulfide) groups is 1. The summed E-state index contributed by atoms with van der Waals surface area (Å²) in [5.74, 6) is 0.373. The Kier molecular flexibility index (Phi) is 7.29. The number of methoxy groups -OCH3 is 1. The second kappa shape index (κ2) is 9.45. The van der Waals surface area contributed by atoms with Gasteiger partial charge in [0, 0.05) is 18.8 Å². The van der Waals surface area contributed by atoms with Crippen LogP contribution in [0.15, 0.2) is 24.3 Å². The summed E-state index contributed by atoms with van der Waals surface area (Å²) in [6, 6.07) is 6.22. The van der Waals surface area contributed by atoms with Crippen LogP contribution in [0.5, 0.6) is 5.75 Å². The van der Waals surface area contributed by atoms with Gasteiger partial charge in [0.25, 0.3) is 0 Å². The summed E-state index contributed by atoms with van der Waals surface area (Å²) >= 11 is 6.51. The first kappa shape index (κ1) is 18.5. The molecule has 0 saturated carbocycles. The van der Waals surface area contributed by atoms with E-state index >= 15 is 0 Å². The first-order valence-corrected chi connectivity index (χ1v) is 8.72. The molecule has 0 aliphatic carbocycles. The van der Waals surface area contributed by atoms with E-state index < -0.39 is 11.9 Å². The summed E-state index contributed by atoms with van der Waals surface area (Å²) in [7, 11) is 1.56. The molecule has 9 heteroatoms. The Balaban J connectivity index is 1.70. The average molecular weight is 369 g/mol. The zero-order chi connectivity index (χ0) is 17.4. The van der Waals surface area contributed by atoms with Crippen LogP contribution in [0.4, 0.5) is 10.5 Å². The normalized spacial score (nSPS) is 14.0. The third-order valence-corrected chi connectivity index (χ3v) is 4.72. The van der Waals surface area contributed by atoms with Gasteiger partial charge in [-0.25, -0.2) is 4.79 Å². The van der Waals surface area contributed by atoms with Crippen molar-refractivity contribution in [2.45, 2.75) is 0 Å². The van der Waals surface area contributed by atoms with Gasteiger partial charge in [-0.1, -0.05) is 24.0 Å². The van der Waals surface area contributed by atoms with Crippen LogP contribution in [-0.2, 0) is 9.53 Å². The summed E-state index contributed by atoms with van der Waals surface area (Å²) in [4.78, 5) is 25.6. The summed E-state index contributed by atoms with van der Waals surface area (Å²) in [5.41, 5.74) is 0.567. The molecule has 7 nitrogen and oxygen atoms in total. The fraction of sp³-hybridized carbons (Fsp3) is 0.400. The summed E-state index contributed by atoms with van der Waals surface area (Å²) in [6.45, 7) is 2.73. The number of carbonyl (C=O) groups is 2. The van der Waals surface area contributed by atoms with Crippen LogP contribution in [0.1, 0.15) is 0 Å². The summed E-state index contributed by atoms with van der Waals surface area (Å²) in [5, 5.41) is 4.85. The van der Waals surface area contributed by atoms with E-state index in [0.717, 1.165) is 13.1 Å². The third kappa shape index (κ3) is 5.99. The molecule has 24 heavy (non-hydrogen) atoms. The Hall–Kier alpha value is -1.84. The highest BCUT2D eigenvalue weighted by Gasteiger charge is 2.16. The zero-order valence-corrected chi connectivity index (χ0v) is 14.9. The molecule has 0 unspecified atom stereocenters. The van der Waals surface area contributed by atoms with Crippen LogP contribution in [0.3, 0.4) is 0 Å². The molecule has 130 valence electrons. The summed E-state index contributed by atoms with van der Waals surface area (Å²) < 4.78 is 10.9. The van der Waals surface area contributed by atoms with Gasteiger partial charge in [0.05, 0.1) is 26.1 Å². The smallest absolute Gasteiger partial charge is 0.325 e. The Morgan fingerprint density at radius 1 is 1.29 bits per heavy atom. The lowest BCUT2D eigenvalue weighted by Crippen LogP contribution is -2.40. The van der Waals surface area contributed by atoms with E-state index in [9.17, 15) is 9.59 Å². The van der Waals surface area contributed by atoms with Gasteiger partial charge in [-0.3, -0.25) is 10.1 Å². The second-order valence-electron chi connectivity index (χ2n) is 4.88. The van der Waals surface area contributed by atoms with Crippen LogP contribution >= 0.6 is 24.0 Å². The van der Waals surface area contributed by atoms with Crippen molar-refractivity contribution in [3.8, 4) is 5.75 Å². The molecule has 1 aromatic carbocycles. The molecule has 1 saturated heterocycles. The van der Waals surface area contributed by atoms with Crippen LogP contribution in [0, 0.1) is 0 Å². The third-order valence-electron chi connectivity index (χ3n) is 3.20. The number of ether oxygens (including phenoxy) is 2. The molecule has 0 bridgehead atoms. The standard InChI is InChI=1S/C15H19N3O4S2/c1-21-12-4-2-11(3-5-12)16-14(20)17-13(19)10-24-15(23)18-6-8-22-9-7-18/h2-5H,6-10H2,1H3,(H2,16,17,19,20). The SMILES string of the molecule is COc1ccc(NC(=O)NC(=O)CSC(=S)N2CCOCC2)cc1. The minimum atomic E-state index is -0.581. The van der Waals surface area contributed by atoms with E-state index in [1.54, 1.807) is 31.4 Å². The van der Waals surface area contributed by atoms with Crippen LogP contribution in [0.2, 0.25) is 0 Å². The number of hydrogen-bond donors (Lipinski definition) is 2. The fourth-order valence-corrected chi connectivity index (χ4v) is 3.02. The number of thiocarbonyl (C=S) groups is 1. The van der Waals surface area contributed by atoms with Gasteiger partial charge < -0.3 is 19.7 Å². The van der Waals surface area contributed by atoms with Crippen molar-refractivity contribution >= 4 is 45.9 Å². The largest absolute Gasteiger partial charge is 0.497 e. The van der Waals surface area contributed by atoms with E-state index in [4.69, 9.17) is 21.7 Å². The van der Waals surface area contributed by atoms with Gasteiger partial charge in [0.15, 0.2) is 0 Å². The van der Waals surface area contributed by atoms with Gasteiger partial charge in [-0.2, -0.15) is 0 Å². The number of nitrogens with one attached hydrogen (secondary N) is 2. The first-order chi connectivity index (χ1) is 11.6. The van der Waals surface area contributed by atoms with Crippen LogP contribution in [-0.4, -0.2) is 60.3 Å². The number of morpholine rings is 1. The topological polar surface area (TPSA) is 79.9 Å². The molecule has 1 aliphatic rings. The van der Waals surface area contributed by atoms with Crippen molar-refractivity contribution in [2.75, 3.05) is 44.5 Å².